The Balaban J connectivity index is 4.12. The van der Waals surface area contributed by atoms with Crippen LogP contribution in [0.2, 0.25) is 0 Å². The topological polar surface area (TPSA) is 29.5 Å². The quantitative estimate of drug-likeness (QED) is 0.595. The lowest BCUT2D eigenvalue weighted by atomic mass is 9.75. The van der Waals surface area contributed by atoms with Gasteiger partial charge in [0.2, 0.25) is 0 Å². The fraction of sp³-hybridized carbons (Fsp3) is 1.00. The molecule has 2 nitrogen and oxygen atoms in total. The summed E-state index contributed by atoms with van der Waals surface area (Å²) in [7, 11) is 1.79. The molecule has 0 aliphatic carbocycles. The van der Waals surface area contributed by atoms with Crippen LogP contribution < -0.4 is 0 Å². The standard InChI is InChI=1S/C15H32O2/c1-5-9-15(3,10-7-12-16)11-8-14(6-2)13-17-4/h14,16H,5-13H2,1-4H3. The molecular formula is C15H32O2. The van der Waals surface area contributed by atoms with Gasteiger partial charge in [0.1, 0.15) is 0 Å². The molecule has 104 valence electrons. The van der Waals surface area contributed by atoms with Gasteiger partial charge in [0.05, 0.1) is 0 Å². The summed E-state index contributed by atoms with van der Waals surface area (Å²) in [5.74, 6) is 0.699. The highest BCUT2D eigenvalue weighted by Gasteiger charge is 2.23. The van der Waals surface area contributed by atoms with Crippen molar-refractivity contribution in [3.05, 3.63) is 0 Å². The van der Waals surface area contributed by atoms with Crippen molar-refractivity contribution in [3.8, 4) is 0 Å². The van der Waals surface area contributed by atoms with Crippen molar-refractivity contribution < 1.29 is 9.84 Å². The van der Waals surface area contributed by atoms with Crippen LogP contribution in [0, 0.1) is 11.3 Å². The number of hydrogen-bond acceptors (Lipinski definition) is 2. The average Bonchev–Trinajstić information content (AvgIpc) is 2.32. The van der Waals surface area contributed by atoms with Gasteiger partial charge >= 0.3 is 0 Å². The second-order valence-corrected chi connectivity index (χ2v) is 5.66. The van der Waals surface area contributed by atoms with E-state index < -0.39 is 0 Å². The van der Waals surface area contributed by atoms with Crippen LogP contribution in [0.25, 0.3) is 0 Å². The van der Waals surface area contributed by atoms with Crippen LogP contribution in [0.4, 0.5) is 0 Å². The number of rotatable bonds is 11. The molecule has 0 aromatic rings. The van der Waals surface area contributed by atoms with E-state index in [0.29, 0.717) is 17.9 Å². The molecule has 17 heavy (non-hydrogen) atoms. The first-order chi connectivity index (χ1) is 8.11. The lowest BCUT2D eigenvalue weighted by Crippen LogP contribution is -2.19. The molecule has 0 aromatic carbocycles. The molecule has 0 saturated carbocycles. The third-order valence-corrected chi connectivity index (χ3v) is 3.93. The molecule has 1 N–H and O–H groups in total. The van der Waals surface area contributed by atoms with Gasteiger partial charge in [-0.15, -0.1) is 0 Å². The molecule has 0 saturated heterocycles. The van der Waals surface area contributed by atoms with Crippen LogP contribution in [0.15, 0.2) is 0 Å². The van der Waals surface area contributed by atoms with E-state index in [1.54, 1.807) is 7.11 Å². The molecule has 0 aliphatic rings. The van der Waals surface area contributed by atoms with Gasteiger partial charge in [-0.25, -0.2) is 0 Å². The molecule has 0 fully saturated rings. The highest BCUT2D eigenvalue weighted by atomic mass is 16.5. The Morgan fingerprint density at radius 3 is 2.35 bits per heavy atom. The highest BCUT2D eigenvalue weighted by Crippen LogP contribution is 2.35. The molecule has 0 aromatic heterocycles. The monoisotopic (exact) mass is 244 g/mol. The average molecular weight is 244 g/mol. The van der Waals surface area contributed by atoms with Crippen molar-refractivity contribution in [2.75, 3.05) is 20.3 Å². The molecule has 0 aliphatic heterocycles. The molecule has 0 spiro atoms. The van der Waals surface area contributed by atoms with Crippen molar-refractivity contribution in [3.63, 3.8) is 0 Å². The molecule has 0 heterocycles. The fourth-order valence-corrected chi connectivity index (χ4v) is 2.68. The van der Waals surface area contributed by atoms with Gasteiger partial charge in [-0.3, -0.25) is 0 Å². The molecule has 0 radical (unpaired) electrons. The zero-order chi connectivity index (χ0) is 13.1. The Bertz CT molecular complexity index is 170. The molecule has 2 atom stereocenters. The summed E-state index contributed by atoms with van der Waals surface area (Å²) in [4.78, 5) is 0. The molecular weight excluding hydrogens is 212 g/mol. The van der Waals surface area contributed by atoms with E-state index in [4.69, 9.17) is 9.84 Å². The third kappa shape index (κ3) is 7.77. The lowest BCUT2D eigenvalue weighted by Gasteiger charge is -2.31. The Labute approximate surface area is 108 Å². The smallest absolute Gasteiger partial charge is 0.0490 e. The predicted octanol–water partition coefficient (Wildman–Crippen LogP) is 4.02. The van der Waals surface area contributed by atoms with Crippen LogP contribution in [0.1, 0.15) is 65.7 Å². The maximum Gasteiger partial charge on any atom is 0.0490 e. The molecule has 2 heteroatoms. The van der Waals surface area contributed by atoms with Crippen molar-refractivity contribution >= 4 is 0 Å². The summed E-state index contributed by atoms with van der Waals surface area (Å²) in [6.07, 6.45) is 8.34. The van der Waals surface area contributed by atoms with Gasteiger partial charge < -0.3 is 9.84 Å². The third-order valence-electron chi connectivity index (χ3n) is 3.93. The minimum atomic E-state index is 0.328. The van der Waals surface area contributed by atoms with Crippen LogP contribution in [0.3, 0.4) is 0 Å². The molecule has 0 bridgehead atoms. The minimum Gasteiger partial charge on any atom is -0.396 e. The SMILES string of the molecule is CCCC(C)(CCCO)CCC(CC)COC. The number of aliphatic hydroxyl groups excluding tert-OH is 1. The summed E-state index contributed by atoms with van der Waals surface area (Å²) in [6.45, 7) is 8.09. The normalized spacial score (nSPS) is 16.8. The van der Waals surface area contributed by atoms with Crippen molar-refractivity contribution in [2.24, 2.45) is 11.3 Å². The van der Waals surface area contributed by atoms with E-state index in [1.807, 2.05) is 0 Å². The van der Waals surface area contributed by atoms with E-state index in [1.165, 1.54) is 32.1 Å². The Hall–Kier alpha value is -0.0800. The summed E-state index contributed by atoms with van der Waals surface area (Å²) < 4.78 is 5.26. The maximum atomic E-state index is 8.99. The molecule has 2 unspecified atom stereocenters. The van der Waals surface area contributed by atoms with E-state index >= 15 is 0 Å². The van der Waals surface area contributed by atoms with E-state index in [0.717, 1.165) is 19.4 Å². The van der Waals surface area contributed by atoms with Gasteiger partial charge in [0.25, 0.3) is 0 Å². The number of methoxy groups -OCH3 is 1. The first-order valence-corrected chi connectivity index (χ1v) is 7.21. The number of aliphatic hydroxyl groups is 1. The second-order valence-electron chi connectivity index (χ2n) is 5.66. The molecule has 0 amide bonds. The van der Waals surface area contributed by atoms with Crippen LogP contribution in [-0.4, -0.2) is 25.4 Å². The highest BCUT2D eigenvalue weighted by molar-refractivity contribution is 4.75. The first kappa shape index (κ1) is 16.9. The maximum absolute atomic E-state index is 8.99. The zero-order valence-electron chi connectivity index (χ0n) is 12.3. The van der Waals surface area contributed by atoms with Gasteiger partial charge in [-0.2, -0.15) is 0 Å². The van der Waals surface area contributed by atoms with Crippen molar-refractivity contribution in [2.45, 2.75) is 65.7 Å². The van der Waals surface area contributed by atoms with Gasteiger partial charge in [0.15, 0.2) is 0 Å². The Kier molecular flexibility index (Phi) is 9.85. The first-order valence-electron chi connectivity index (χ1n) is 7.21. The Morgan fingerprint density at radius 2 is 1.88 bits per heavy atom. The Morgan fingerprint density at radius 1 is 1.18 bits per heavy atom. The van der Waals surface area contributed by atoms with Crippen LogP contribution >= 0.6 is 0 Å². The summed E-state index contributed by atoms with van der Waals surface area (Å²) in [6, 6.07) is 0. The molecule has 0 rings (SSSR count). The van der Waals surface area contributed by atoms with E-state index in [9.17, 15) is 0 Å². The number of ether oxygens (including phenoxy) is 1. The second kappa shape index (κ2) is 9.90. The van der Waals surface area contributed by atoms with E-state index in [-0.39, 0.29) is 0 Å². The van der Waals surface area contributed by atoms with Crippen LogP contribution in [-0.2, 0) is 4.74 Å². The van der Waals surface area contributed by atoms with Gasteiger partial charge in [0, 0.05) is 20.3 Å². The minimum absolute atomic E-state index is 0.328. The van der Waals surface area contributed by atoms with Gasteiger partial charge in [-0.05, 0) is 43.4 Å². The zero-order valence-corrected chi connectivity index (χ0v) is 12.3. The fourth-order valence-electron chi connectivity index (χ4n) is 2.68. The van der Waals surface area contributed by atoms with Crippen molar-refractivity contribution in [1.82, 2.24) is 0 Å². The predicted molar refractivity (Wildman–Crippen MR) is 74.2 cm³/mol. The van der Waals surface area contributed by atoms with Crippen molar-refractivity contribution in [1.29, 1.82) is 0 Å². The number of hydrogen-bond donors (Lipinski definition) is 1. The largest absolute Gasteiger partial charge is 0.396 e. The van der Waals surface area contributed by atoms with Gasteiger partial charge in [-0.1, -0.05) is 33.6 Å². The van der Waals surface area contributed by atoms with Crippen LogP contribution in [0.5, 0.6) is 0 Å². The summed E-state index contributed by atoms with van der Waals surface area (Å²) in [5, 5.41) is 8.99. The lowest BCUT2D eigenvalue weighted by molar-refractivity contribution is 0.126. The summed E-state index contributed by atoms with van der Waals surface area (Å²) >= 11 is 0. The summed E-state index contributed by atoms with van der Waals surface area (Å²) in [5.41, 5.74) is 0.415. The van der Waals surface area contributed by atoms with E-state index in [2.05, 4.69) is 20.8 Å².